The van der Waals surface area contributed by atoms with Crippen molar-refractivity contribution < 1.29 is 19.4 Å². The molecule has 0 heterocycles. The van der Waals surface area contributed by atoms with Crippen molar-refractivity contribution >= 4 is 11.9 Å². The lowest BCUT2D eigenvalue weighted by atomic mass is 9.88. The van der Waals surface area contributed by atoms with Crippen LogP contribution in [-0.4, -0.2) is 17.0 Å². The van der Waals surface area contributed by atoms with Crippen LogP contribution in [-0.2, 0) is 14.3 Å². The van der Waals surface area contributed by atoms with Crippen LogP contribution in [0.5, 0.6) is 0 Å². The van der Waals surface area contributed by atoms with Crippen LogP contribution in [0, 0.1) is 46.0 Å². The number of esters is 1. The molecule has 1 N–H and O–H groups in total. The molecule has 0 aromatic heterocycles. The Hall–Kier alpha value is -2.59. The first kappa shape index (κ1) is 15.4. The number of carboxylic acids is 1. The second kappa shape index (κ2) is 8.55. The van der Waals surface area contributed by atoms with Gasteiger partial charge in [-0.05, 0) is 12.8 Å². The zero-order chi connectivity index (χ0) is 14.0. The van der Waals surface area contributed by atoms with Crippen molar-refractivity contribution in [2.45, 2.75) is 25.7 Å². The van der Waals surface area contributed by atoms with E-state index in [1.807, 2.05) is 6.07 Å². The normalized spacial score (nSPS) is 12.3. The van der Waals surface area contributed by atoms with E-state index in [-0.39, 0.29) is 25.7 Å². The van der Waals surface area contributed by atoms with E-state index in [0.717, 1.165) is 0 Å². The average Bonchev–Trinajstić information content (AvgIpc) is 2.32. The standard InChI is InChI=1S/C11H11N3O4/c12-5-8(2-1-3-10(15)16)9(6-13)4-11(17)18-7-14/h8-9H,1-4H2,(H,15,16). The van der Waals surface area contributed by atoms with Crippen LogP contribution in [0.2, 0.25) is 0 Å². The number of aliphatic carboxylic acids is 1. The fraction of sp³-hybridized carbons (Fsp3) is 0.545. The number of carbonyl (C=O) groups is 2. The van der Waals surface area contributed by atoms with Gasteiger partial charge in [0, 0.05) is 6.42 Å². The molecular weight excluding hydrogens is 238 g/mol. The highest BCUT2D eigenvalue weighted by Crippen LogP contribution is 2.21. The van der Waals surface area contributed by atoms with E-state index < -0.39 is 23.8 Å². The van der Waals surface area contributed by atoms with Crippen LogP contribution in [0.25, 0.3) is 0 Å². The Balaban J connectivity index is 4.38. The number of ether oxygens (including phenoxy) is 1. The van der Waals surface area contributed by atoms with E-state index in [1.54, 1.807) is 6.07 Å². The van der Waals surface area contributed by atoms with Crippen molar-refractivity contribution in [2.24, 2.45) is 11.8 Å². The topological polar surface area (TPSA) is 135 Å². The van der Waals surface area contributed by atoms with Gasteiger partial charge in [-0.1, -0.05) is 0 Å². The van der Waals surface area contributed by atoms with Gasteiger partial charge in [0.2, 0.25) is 0 Å². The van der Waals surface area contributed by atoms with Crippen molar-refractivity contribution in [1.82, 2.24) is 0 Å². The number of nitrogens with zero attached hydrogens (tertiary/aromatic N) is 3. The molecule has 94 valence electrons. The van der Waals surface area contributed by atoms with Crippen LogP contribution in [0.4, 0.5) is 0 Å². The Kier molecular flexibility index (Phi) is 7.32. The van der Waals surface area contributed by atoms with E-state index in [2.05, 4.69) is 4.74 Å². The van der Waals surface area contributed by atoms with Gasteiger partial charge in [0.25, 0.3) is 6.26 Å². The molecule has 0 aliphatic rings. The van der Waals surface area contributed by atoms with Crippen molar-refractivity contribution in [3.63, 3.8) is 0 Å². The molecule has 0 fully saturated rings. The number of hydrogen-bond acceptors (Lipinski definition) is 6. The van der Waals surface area contributed by atoms with Crippen LogP contribution in [0.3, 0.4) is 0 Å². The Bertz CT molecular complexity index is 427. The summed E-state index contributed by atoms with van der Waals surface area (Å²) in [5.74, 6) is -3.50. The molecular formula is C11H11N3O4. The molecule has 0 saturated heterocycles. The number of nitriles is 3. The molecule has 0 saturated carbocycles. The van der Waals surface area contributed by atoms with Gasteiger partial charge < -0.3 is 9.84 Å². The Morgan fingerprint density at radius 3 is 2.22 bits per heavy atom. The smallest absolute Gasteiger partial charge is 0.322 e. The average molecular weight is 249 g/mol. The van der Waals surface area contributed by atoms with Gasteiger partial charge in [0.05, 0.1) is 30.4 Å². The fourth-order valence-corrected chi connectivity index (χ4v) is 1.38. The third kappa shape index (κ3) is 6.09. The van der Waals surface area contributed by atoms with E-state index in [0.29, 0.717) is 0 Å². The molecule has 0 radical (unpaired) electrons. The van der Waals surface area contributed by atoms with Gasteiger partial charge >= 0.3 is 11.9 Å². The Morgan fingerprint density at radius 2 is 1.78 bits per heavy atom. The fourth-order valence-electron chi connectivity index (χ4n) is 1.38. The summed E-state index contributed by atoms with van der Waals surface area (Å²) < 4.78 is 4.02. The largest absolute Gasteiger partial charge is 0.481 e. The van der Waals surface area contributed by atoms with Crippen LogP contribution >= 0.6 is 0 Å². The molecule has 18 heavy (non-hydrogen) atoms. The second-order valence-corrected chi connectivity index (χ2v) is 3.53. The molecule has 0 aromatic carbocycles. The van der Waals surface area contributed by atoms with Gasteiger partial charge in [-0.3, -0.25) is 9.59 Å². The van der Waals surface area contributed by atoms with Crippen molar-refractivity contribution in [2.75, 3.05) is 0 Å². The predicted molar refractivity (Wildman–Crippen MR) is 56.0 cm³/mol. The van der Waals surface area contributed by atoms with Gasteiger partial charge in [-0.2, -0.15) is 10.5 Å². The van der Waals surface area contributed by atoms with Crippen LogP contribution in [0.1, 0.15) is 25.7 Å². The summed E-state index contributed by atoms with van der Waals surface area (Å²) >= 11 is 0. The lowest BCUT2D eigenvalue weighted by Crippen LogP contribution is -2.17. The SMILES string of the molecule is N#COC(=O)CC(C#N)C(C#N)CCCC(=O)O. The highest BCUT2D eigenvalue weighted by atomic mass is 16.5. The van der Waals surface area contributed by atoms with Crippen molar-refractivity contribution in [3.8, 4) is 18.4 Å². The molecule has 0 aliphatic carbocycles. The van der Waals surface area contributed by atoms with Crippen molar-refractivity contribution in [1.29, 1.82) is 15.8 Å². The summed E-state index contributed by atoms with van der Waals surface area (Å²) in [6.45, 7) is 0. The minimum atomic E-state index is -0.982. The molecule has 2 atom stereocenters. The van der Waals surface area contributed by atoms with E-state index in [4.69, 9.17) is 20.9 Å². The maximum absolute atomic E-state index is 11.0. The summed E-state index contributed by atoms with van der Waals surface area (Å²) in [5.41, 5.74) is 0. The maximum atomic E-state index is 11.0. The molecule has 0 rings (SSSR count). The second-order valence-electron chi connectivity index (χ2n) is 3.53. The van der Waals surface area contributed by atoms with E-state index >= 15 is 0 Å². The summed E-state index contributed by atoms with van der Waals surface area (Å²) in [4.78, 5) is 21.3. The number of carboxylic acid groups (broad SMARTS) is 1. The van der Waals surface area contributed by atoms with Gasteiger partial charge in [-0.25, -0.2) is 0 Å². The Labute approximate surface area is 104 Å². The predicted octanol–water partition coefficient (Wildman–Crippen LogP) is 0.935. The highest BCUT2D eigenvalue weighted by molar-refractivity contribution is 5.71. The summed E-state index contributed by atoms with van der Waals surface area (Å²) in [6, 6.07) is 3.67. The molecule has 7 heteroatoms. The minimum Gasteiger partial charge on any atom is -0.481 e. The molecule has 0 amide bonds. The molecule has 0 spiro atoms. The van der Waals surface area contributed by atoms with Gasteiger partial charge in [-0.15, -0.1) is 5.26 Å². The summed E-state index contributed by atoms with van der Waals surface area (Å²) in [6.07, 6.45) is 1.20. The molecule has 0 bridgehead atoms. The van der Waals surface area contributed by atoms with E-state index in [9.17, 15) is 9.59 Å². The van der Waals surface area contributed by atoms with Gasteiger partial charge in [0.15, 0.2) is 0 Å². The first-order valence-electron chi connectivity index (χ1n) is 5.15. The third-order valence-electron chi connectivity index (χ3n) is 2.27. The summed E-state index contributed by atoms with van der Waals surface area (Å²) in [5, 5.41) is 34.3. The summed E-state index contributed by atoms with van der Waals surface area (Å²) in [7, 11) is 0. The minimum absolute atomic E-state index is 0.0982. The number of rotatable bonds is 7. The monoisotopic (exact) mass is 249 g/mol. The Morgan fingerprint density at radius 1 is 1.17 bits per heavy atom. The number of hydrogen-bond donors (Lipinski definition) is 1. The quantitative estimate of drug-likeness (QED) is 0.523. The first-order valence-corrected chi connectivity index (χ1v) is 5.15. The van der Waals surface area contributed by atoms with Gasteiger partial charge in [0.1, 0.15) is 0 Å². The van der Waals surface area contributed by atoms with Crippen molar-refractivity contribution in [3.05, 3.63) is 0 Å². The highest BCUT2D eigenvalue weighted by Gasteiger charge is 2.24. The zero-order valence-corrected chi connectivity index (χ0v) is 9.50. The molecule has 2 unspecified atom stereocenters. The lowest BCUT2D eigenvalue weighted by Gasteiger charge is -2.12. The molecule has 0 aromatic rings. The maximum Gasteiger partial charge on any atom is 0.322 e. The lowest BCUT2D eigenvalue weighted by molar-refractivity contribution is -0.139. The first-order chi connectivity index (χ1) is 8.54. The van der Waals surface area contributed by atoms with Crippen LogP contribution in [0.15, 0.2) is 0 Å². The molecule has 0 aliphatic heterocycles. The van der Waals surface area contributed by atoms with Crippen LogP contribution < -0.4 is 0 Å². The molecule has 7 nitrogen and oxygen atoms in total. The third-order valence-corrected chi connectivity index (χ3v) is 2.27. The number of carbonyl (C=O) groups excluding carboxylic acids is 1. The zero-order valence-electron chi connectivity index (χ0n) is 9.50. The van der Waals surface area contributed by atoms with E-state index in [1.165, 1.54) is 6.26 Å².